The van der Waals surface area contributed by atoms with Gasteiger partial charge >= 0.3 is 0 Å². The Balaban J connectivity index is 1.36. The number of benzene rings is 7. The van der Waals surface area contributed by atoms with Gasteiger partial charge in [0.2, 0.25) is 0 Å². The van der Waals surface area contributed by atoms with Crippen molar-refractivity contribution in [2.24, 2.45) is 0 Å². The summed E-state index contributed by atoms with van der Waals surface area (Å²) < 4.78 is 6.41. The summed E-state index contributed by atoms with van der Waals surface area (Å²) in [5, 5.41) is 7.19. The van der Waals surface area contributed by atoms with E-state index in [9.17, 15) is 0 Å². The van der Waals surface area contributed by atoms with Crippen molar-refractivity contribution in [2.45, 2.75) is 0 Å². The van der Waals surface area contributed by atoms with Crippen molar-refractivity contribution >= 4 is 60.5 Å². The van der Waals surface area contributed by atoms with Crippen LogP contribution in [-0.4, -0.2) is 0 Å². The summed E-state index contributed by atoms with van der Waals surface area (Å²) in [5.41, 5.74) is 7.52. The number of hydrogen-bond acceptors (Lipinski definition) is 2. The topological polar surface area (TPSA) is 16.4 Å². The van der Waals surface area contributed by atoms with Crippen LogP contribution in [0.25, 0.3) is 54.6 Å². The number of para-hydroxylation sites is 1. The third kappa shape index (κ3) is 3.58. The molecule has 0 aliphatic heterocycles. The molecule has 188 valence electrons. The van der Waals surface area contributed by atoms with Gasteiger partial charge in [0.1, 0.15) is 11.2 Å². The van der Waals surface area contributed by atoms with Crippen LogP contribution < -0.4 is 4.90 Å². The second-order valence-corrected chi connectivity index (χ2v) is 10.2. The monoisotopic (exact) mass is 511 g/mol. The van der Waals surface area contributed by atoms with E-state index in [1.54, 1.807) is 0 Å². The molecule has 0 saturated carbocycles. The Kier molecular flexibility index (Phi) is 5.17. The van der Waals surface area contributed by atoms with Crippen molar-refractivity contribution < 1.29 is 4.42 Å². The molecule has 0 N–H and O–H groups in total. The minimum Gasteiger partial charge on any atom is -0.456 e. The molecule has 1 aromatic heterocycles. The maximum absolute atomic E-state index is 6.41. The molecule has 0 saturated heterocycles. The standard InChI is InChI=1S/C38H25NO/c1-2-13-29(14-3-1)39(30-23-20-28(21-24-30)32-17-8-12-26-10-4-6-15-31(26)32)34-18-9-19-35-38(34)37-33-16-7-5-11-27(33)22-25-36(37)40-35/h1-25H. The molecular formula is C38H25NO. The molecule has 0 spiro atoms. The fourth-order valence-corrected chi connectivity index (χ4v) is 6.03. The predicted octanol–water partition coefficient (Wildman–Crippen LogP) is 11.0. The molecule has 0 amide bonds. The van der Waals surface area contributed by atoms with E-state index in [1.807, 2.05) is 0 Å². The number of rotatable bonds is 4. The van der Waals surface area contributed by atoms with Gasteiger partial charge in [-0.05, 0) is 75.1 Å². The Morgan fingerprint density at radius 1 is 0.400 bits per heavy atom. The lowest BCUT2D eigenvalue weighted by molar-refractivity contribution is 0.669. The van der Waals surface area contributed by atoms with E-state index in [-0.39, 0.29) is 0 Å². The van der Waals surface area contributed by atoms with Crippen LogP contribution in [0.2, 0.25) is 0 Å². The summed E-state index contributed by atoms with van der Waals surface area (Å²) >= 11 is 0. The van der Waals surface area contributed by atoms with Gasteiger partial charge in [-0.15, -0.1) is 0 Å². The predicted molar refractivity (Wildman–Crippen MR) is 169 cm³/mol. The zero-order valence-corrected chi connectivity index (χ0v) is 21.8. The Morgan fingerprint density at radius 2 is 1.02 bits per heavy atom. The third-order valence-electron chi connectivity index (χ3n) is 7.85. The van der Waals surface area contributed by atoms with Gasteiger partial charge in [-0.3, -0.25) is 0 Å². The number of furan rings is 1. The van der Waals surface area contributed by atoms with Gasteiger partial charge < -0.3 is 9.32 Å². The number of hydrogen-bond donors (Lipinski definition) is 0. The Labute approximate surface area is 232 Å². The summed E-state index contributed by atoms with van der Waals surface area (Å²) in [6.45, 7) is 0. The minimum atomic E-state index is 0.886. The van der Waals surface area contributed by atoms with Gasteiger partial charge in [0.05, 0.1) is 11.1 Å². The van der Waals surface area contributed by atoms with Crippen molar-refractivity contribution in [3.8, 4) is 11.1 Å². The van der Waals surface area contributed by atoms with Gasteiger partial charge in [0.25, 0.3) is 0 Å². The van der Waals surface area contributed by atoms with E-state index in [1.165, 1.54) is 32.7 Å². The molecule has 1 heterocycles. The molecule has 0 atom stereocenters. The largest absolute Gasteiger partial charge is 0.456 e. The van der Waals surface area contributed by atoms with Crippen LogP contribution in [0.4, 0.5) is 17.1 Å². The van der Waals surface area contributed by atoms with E-state index in [4.69, 9.17) is 4.42 Å². The van der Waals surface area contributed by atoms with Crippen molar-refractivity contribution in [1.82, 2.24) is 0 Å². The summed E-state index contributed by atoms with van der Waals surface area (Å²) in [5.74, 6) is 0. The van der Waals surface area contributed by atoms with E-state index >= 15 is 0 Å². The maximum Gasteiger partial charge on any atom is 0.137 e. The van der Waals surface area contributed by atoms with Crippen LogP contribution in [0.1, 0.15) is 0 Å². The normalized spacial score (nSPS) is 11.5. The van der Waals surface area contributed by atoms with E-state index < -0.39 is 0 Å². The van der Waals surface area contributed by atoms with Gasteiger partial charge in [-0.25, -0.2) is 0 Å². The molecule has 40 heavy (non-hydrogen) atoms. The highest BCUT2D eigenvalue weighted by Gasteiger charge is 2.20. The van der Waals surface area contributed by atoms with Crippen LogP contribution in [-0.2, 0) is 0 Å². The molecule has 7 aromatic carbocycles. The lowest BCUT2D eigenvalue weighted by atomic mass is 9.98. The smallest absolute Gasteiger partial charge is 0.137 e. The Bertz CT molecular complexity index is 2150. The summed E-state index contributed by atoms with van der Waals surface area (Å²) in [4.78, 5) is 2.34. The molecule has 2 heteroatoms. The fraction of sp³-hybridized carbons (Fsp3) is 0. The molecule has 0 fully saturated rings. The van der Waals surface area contributed by atoms with Crippen molar-refractivity contribution in [3.05, 3.63) is 152 Å². The molecule has 0 radical (unpaired) electrons. The number of fused-ring (bicyclic) bond motifs is 6. The Morgan fingerprint density at radius 3 is 1.85 bits per heavy atom. The molecule has 2 nitrogen and oxygen atoms in total. The molecule has 8 rings (SSSR count). The SMILES string of the molecule is c1ccc(N(c2ccc(-c3cccc4ccccc34)cc2)c2cccc3oc4ccc5ccccc5c4c23)cc1. The number of anilines is 3. The quantitative estimate of drug-likeness (QED) is 0.234. The van der Waals surface area contributed by atoms with Gasteiger partial charge in [0.15, 0.2) is 0 Å². The first-order chi connectivity index (χ1) is 19.8. The lowest BCUT2D eigenvalue weighted by Gasteiger charge is -2.26. The number of nitrogens with zero attached hydrogens (tertiary/aromatic N) is 1. The second-order valence-electron chi connectivity index (χ2n) is 10.2. The van der Waals surface area contributed by atoms with Crippen molar-refractivity contribution in [2.75, 3.05) is 4.90 Å². The van der Waals surface area contributed by atoms with Crippen molar-refractivity contribution in [1.29, 1.82) is 0 Å². The summed E-state index contributed by atoms with van der Waals surface area (Å²) in [7, 11) is 0. The van der Waals surface area contributed by atoms with Gasteiger partial charge in [0, 0.05) is 16.8 Å². The minimum absolute atomic E-state index is 0.886. The molecule has 0 aliphatic carbocycles. The van der Waals surface area contributed by atoms with E-state index in [2.05, 4.69) is 157 Å². The highest BCUT2D eigenvalue weighted by molar-refractivity contribution is 6.23. The molecule has 0 aliphatic rings. The zero-order chi connectivity index (χ0) is 26.5. The molecular weight excluding hydrogens is 486 g/mol. The zero-order valence-electron chi connectivity index (χ0n) is 21.8. The van der Waals surface area contributed by atoms with E-state index in [0.29, 0.717) is 0 Å². The second kappa shape index (κ2) is 9.14. The molecule has 0 unspecified atom stereocenters. The van der Waals surface area contributed by atoms with Crippen LogP contribution in [0.5, 0.6) is 0 Å². The van der Waals surface area contributed by atoms with Crippen LogP contribution in [0, 0.1) is 0 Å². The first-order valence-electron chi connectivity index (χ1n) is 13.6. The van der Waals surface area contributed by atoms with Gasteiger partial charge in [-0.2, -0.15) is 0 Å². The van der Waals surface area contributed by atoms with Crippen LogP contribution in [0.3, 0.4) is 0 Å². The third-order valence-corrected chi connectivity index (χ3v) is 7.85. The highest BCUT2D eigenvalue weighted by Crippen LogP contribution is 2.45. The summed E-state index contributed by atoms with van der Waals surface area (Å²) in [6.07, 6.45) is 0. The first kappa shape index (κ1) is 22.6. The fourth-order valence-electron chi connectivity index (χ4n) is 6.03. The lowest BCUT2D eigenvalue weighted by Crippen LogP contribution is -2.10. The van der Waals surface area contributed by atoms with Gasteiger partial charge in [-0.1, -0.05) is 109 Å². The van der Waals surface area contributed by atoms with Crippen LogP contribution >= 0.6 is 0 Å². The highest BCUT2D eigenvalue weighted by atomic mass is 16.3. The maximum atomic E-state index is 6.41. The molecule has 8 aromatic rings. The first-order valence-corrected chi connectivity index (χ1v) is 13.6. The average molecular weight is 512 g/mol. The van der Waals surface area contributed by atoms with Crippen LogP contribution in [0.15, 0.2) is 156 Å². The van der Waals surface area contributed by atoms with E-state index in [0.717, 1.165) is 39.0 Å². The average Bonchev–Trinajstić information content (AvgIpc) is 3.42. The van der Waals surface area contributed by atoms with Crippen molar-refractivity contribution in [3.63, 3.8) is 0 Å². The molecule has 0 bridgehead atoms. The summed E-state index contributed by atoms with van der Waals surface area (Å²) in [6, 6.07) is 53.7. The Hall–Kier alpha value is -5.34.